The fourth-order valence-corrected chi connectivity index (χ4v) is 3.65. The largest absolute Gasteiger partial charge is 0.394 e. The zero-order chi connectivity index (χ0) is 13.0. The number of benzene rings is 1. The lowest BCUT2D eigenvalue weighted by atomic mass is 10.0. The first-order valence-electron chi connectivity index (χ1n) is 6.39. The normalized spacial score (nSPS) is 18.6. The van der Waals surface area contributed by atoms with Crippen LogP contribution in [-0.2, 0) is 0 Å². The molecule has 2 nitrogen and oxygen atoms in total. The molecule has 1 unspecified atom stereocenters. The van der Waals surface area contributed by atoms with E-state index in [0.29, 0.717) is 6.04 Å². The molecule has 0 saturated heterocycles. The molecular formula is C14H20BrNOS. The zero-order valence-corrected chi connectivity index (χ0v) is 13.1. The third-order valence-electron chi connectivity index (χ3n) is 3.23. The van der Waals surface area contributed by atoms with Gasteiger partial charge in [0.15, 0.2) is 0 Å². The standard InChI is InChI=1S/C14H20BrNOS/c1-14(10-17,16-11-6-7-11)8-9-18-13-5-3-2-4-12(13)15/h2-5,11,16-17H,6-10H2,1H3. The van der Waals surface area contributed by atoms with Crippen molar-refractivity contribution in [3.05, 3.63) is 28.7 Å². The molecule has 2 rings (SSSR count). The number of hydrogen-bond donors (Lipinski definition) is 2. The summed E-state index contributed by atoms with van der Waals surface area (Å²) in [5.41, 5.74) is -0.130. The lowest BCUT2D eigenvalue weighted by Gasteiger charge is -2.29. The van der Waals surface area contributed by atoms with E-state index in [1.807, 2.05) is 17.8 Å². The SMILES string of the molecule is CC(CO)(CCSc1ccccc1Br)NC1CC1. The first kappa shape index (κ1) is 14.4. The third kappa shape index (κ3) is 4.26. The van der Waals surface area contributed by atoms with Crippen molar-refractivity contribution in [2.75, 3.05) is 12.4 Å². The number of aliphatic hydroxyl groups is 1. The minimum atomic E-state index is -0.130. The van der Waals surface area contributed by atoms with E-state index in [9.17, 15) is 5.11 Å². The van der Waals surface area contributed by atoms with Crippen LogP contribution >= 0.6 is 27.7 Å². The average Bonchev–Trinajstić information content (AvgIpc) is 3.15. The van der Waals surface area contributed by atoms with Gasteiger partial charge in [0.05, 0.1) is 6.61 Å². The van der Waals surface area contributed by atoms with E-state index in [-0.39, 0.29) is 12.1 Å². The molecular weight excluding hydrogens is 310 g/mol. The second-order valence-electron chi connectivity index (χ2n) is 5.17. The third-order valence-corrected chi connectivity index (χ3v) is 5.26. The summed E-state index contributed by atoms with van der Waals surface area (Å²) in [5, 5.41) is 13.1. The molecule has 0 amide bonds. The predicted octanol–water partition coefficient (Wildman–Crippen LogP) is 3.43. The summed E-state index contributed by atoms with van der Waals surface area (Å²) in [6, 6.07) is 8.91. The lowest BCUT2D eigenvalue weighted by molar-refractivity contribution is 0.169. The van der Waals surface area contributed by atoms with Crippen molar-refractivity contribution >= 4 is 27.7 Å². The van der Waals surface area contributed by atoms with E-state index >= 15 is 0 Å². The van der Waals surface area contributed by atoms with Crippen LogP contribution in [0.4, 0.5) is 0 Å². The number of rotatable bonds is 7. The fraction of sp³-hybridized carbons (Fsp3) is 0.571. The van der Waals surface area contributed by atoms with Crippen molar-refractivity contribution in [3.63, 3.8) is 0 Å². The van der Waals surface area contributed by atoms with E-state index in [0.717, 1.165) is 16.6 Å². The molecule has 2 N–H and O–H groups in total. The van der Waals surface area contributed by atoms with Gasteiger partial charge < -0.3 is 10.4 Å². The van der Waals surface area contributed by atoms with Crippen LogP contribution in [0.5, 0.6) is 0 Å². The van der Waals surface area contributed by atoms with Crippen LogP contribution in [0, 0.1) is 0 Å². The number of halogens is 1. The monoisotopic (exact) mass is 329 g/mol. The highest BCUT2D eigenvalue weighted by molar-refractivity contribution is 9.10. The highest BCUT2D eigenvalue weighted by Gasteiger charge is 2.31. The van der Waals surface area contributed by atoms with Gasteiger partial charge in [0.2, 0.25) is 0 Å². The Labute approximate surface area is 122 Å². The Morgan fingerprint density at radius 3 is 2.78 bits per heavy atom. The van der Waals surface area contributed by atoms with Crippen LogP contribution in [-0.4, -0.2) is 29.0 Å². The van der Waals surface area contributed by atoms with Crippen LogP contribution in [0.1, 0.15) is 26.2 Å². The molecule has 18 heavy (non-hydrogen) atoms. The van der Waals surface area contributed by atoms with E-state index in [1.165, 1.54) is 17.7 Å². The molecule has 0 aromatic heterocycles. The molecule has 0 bridgehead atoms. The van der Waals surface area contributed by atoms with Crippen molar-refractivity contribution < 1.29 is 5.11 Å². The van der Waals surface area contributed by atoms with Crippen LogP contribution in [0.15, 0.2) is 33.6 Å². The first-order valence-corrected chi connectivity index (χ1v) is 8.17. The van der Waals surface area contributed by atoms with Crippen molar-refractivity contribution in [2.45, 2.75) is 42.7 Å². The van der Waals surface area contributed by atoms with Gasteiger partial charge in [0.1, 0.15) is 0 Å². The number of hydrogen-bond acceptors (Lipinski definition) is 3. The maximum Gasteiger partial charge on any atom is 0.0610 e. The van der Waals surface area contributed by atoms with Crippen molar-refractivity contribution in [1.82, 2.24) is 5.32 Å². The Bertz CT molecular complexity index is 397. The van der Waals surface area contributed by atoms with Gasteiger partial charge in [-0.3, -0.25) is 0 Å². The van der Waals surface area contributed by atoms with Crippen molar-refractivity contribution in [3.8, 4) is 0 Å². The molecule has 1 aliphatic carbocycles. The molecule has 1 fully saturated rings. The Morgan fingerprint density at radius 1 is 1.44 bits per heavy atom. The van der Waals surface area contributed by atoms with Crippen molar-refractivity contribution in [2.24, 2.45) is 0 Å². The molecule has 100 valence electrons. The summed E-state index contributed by atoms with van der Waals surface area (Å²) in [5.74, 6) is 1.01. The van der Waals surface area contributed by atoms with E-state index in [4.69, 9.17) is 0 Å². The highest BCUT2D eigenvalue weighted by atomic mass is 79.9. The summed E-state index contributed by atoms with van der Waals surface area (Å²) >= 11 is 5.40. The van der Waals surface area contributed by atoms with E-state index in [1.54, 1.807) is 0 Å². The highest BCUT2D eigenvalue weighted by Crippen LogP contribution is 2.30. The summed E-state index contributed by atoms with van der Waals surface area (Å²) in [6.07, 6.45) is 3.49. The Balaban J connectivity index is 1.81. The van der Waals surface area contributed by atoms with Gasteiger partial charge >= 0.3 is 0 Å². The molecule has 0 spiro atoms. The second kappa shape index (κ2) is 6.42. The maximum absolute atomic E-state index is 9.53. The summed E-state index contributed by atoms with van der Waals surface area (Å²) < 4.78 is 1.15. The predicted molar refractivity (Wildman–Crippen MR) is 81.1 cm³/mol. The molecule has 1 saturated carbocycles. The van der Waals surface area contributed by atoms with Gasteiger partial charge in [0.25, 0.3) is 0 Å². The first-order chi connectivity index (χ1) is 8.63. The van der Waals surface area contributed by atoms with Gasteiger partial charge in [0, 0.05) is 20.9 Å². The van der Waals surface area contributed by atoms with Gasteiger partial charge in [-0.25, -0.2) is 0 Å². The van der Waals surface area contributed by atoms with Crippen molar-refractivity contribution in [1.29, 1.82) is 0 Å². The lowest BCUT2D eigenvalue weighted by Crippen LogP contribution is -2.47. The van der Waals surface area contributed by atoms with Crippen LogP contribution in [0.2, 0.25) is 0 Å². The number of aliphatic hydroxyl groups excluding tert-OH is 1. The fourth-order valence-electron chi connectivity index (χ4n) is 1.87. The zero-order valence-electron chi connectivity index (χ0n) is 10.7. The quantitative estimate of drug-likeness (QED) is 0.751. The summed E-state index contributed by atoms with van der Waals surface area (Å²) in [4.78, 5) is 1.27. The molecule has 4 heteroatoms. The van der Waals surface area contributed by atoms with E-state index in [2.05, 4.69) is 46.4 Å². The van der Waals surface area contributed by atoms with Gasteiger partial charge in [-0.05, 0) is 60.0 Å². The minimum Gasteiger partial charge on any atom is -0.394 e. The molecule has 1 aromatic rings. The maximum atomic E-state index is 9.53. The summed E-state index contributed by atoms with van der Waals surface area (Å²) in [7, 11) is 0. The molecule has 1 aliphatic rings. The van der Waals surface area contributed by atoms with Gasteiger partial charge in [-0.15, -0.1) is 11.8 Å². The Kier molecular flexibility index (Phi) is 5.13. The minimum absolute atomic E-state index is 0.130. The van der Waals surface area contributed by atoms with Gasteiger partial charge in [-0.2, -0.15) is 0 Å². The Morgan fingerprint density at radius 2 is 2.17 bits per heavy atom. The summed E-state index contributed by atoms with van der Waals surface area (Å²) in [6.45, 7) is 2.33. The Hall–Kier alpha value is -0.0300. The molecule has 0 aliphatic heterocycles. The molecule has 1 atom stereocenters. The second-order valence-corrected chi connectivity index (χ2v) is 7.16. The average molecular weight is 330 g/mol. The van der Waals surface area contributed by atoms with Gasteiger partial charge in [-0.1, -0.05) is 12.1 Å². The van der Waals surface area contributed by atoms with Crippen LogP contribution < -0.4 is 5.32 Å². The van der Waals surface area contributed by atoms with E-state index < -0.39 is 0 Å². The number of nitrogens with one attached hydrogen (secondary N) is 1. The molecule has 1 aromatic carbocycles. The smallest absolute Gasteiger partial charge is 0.0610 e. The molecule has 0 radical (unpaired) electrons. The van der Waals surface area contributed by atoms with Crippen LogP contribution in [0.3, 0.4) is 0 Å². The van der Waals surface area contributed by atoms with Crippen LogP contribution in [0.25, 0.3) is 0 Å². The topological polar surface area (TPSA) is 32.3 Å². The number of thioether (sulfide) groups is 1. The molecule has 0 heterocycles.